The second-order valence-corrected chi connectivity index (χ2v) is 3.35. The highest BCUT2D eigenvalue weighted by Crippen LogP contribution is 2.07. The van der Waals surface area contributed by atoms with Gasteiger partial charge in [0.05, 0.1) is 13.2 Å². The summed E-state index contributed by atoms with van der Waals surface area (Å²) in [6.07, 6.45) is 4.41. The Balaban J connectivity index is 0.000000487. The van der Waals surface area contributed by atoms with E-state index in [1.54, 1.807) is 0 Å². The molecule has 6 nitrogen and oxygen atoms in total. The Morgan fingerprint density at radius 2 is 1.19 bits per heavy atom. The Morgan fingerprint density at radius 1 is 0.875 bits per heavy atom. The summed E-state index contributed by atoms with van der Waals surface area (Å²) in [7, 11) is 0. The van der Waals surface area contributed by atoms with Gasteiger partial charge in [0.2, 0.25) is 0 Å². The molecule has 0 atom stereocenters. The molecule has 94 valence electrons. The third kappa shape index (κ3) is 12.5. The maximum atomic E-state index is 10.8. The average molecular weight is 234 g/mol. The van der Waals surface area contributed by atoms with E-state index in [4.69, 9.17) is 24.5 Å². The first-order chi connectivity index (χ1) is 7.63. The van der Waals surface area contributed by atoms with Crippen LogP contribution in [0.25, 0.3) is 0 Å². The monoisotopic (exact) mass is 234 g/mol. The molecule has 16 heavy (non-hydrogen) atoms. The smallest absolute Gasteiger partial charge is 0.450 e. The molecule has 0 amide bonds. The van der Waals surface area contributed by atoms with Crippen molar-refractivity contribution >= 4 is 12.3 Å². The Bertz CT molecular complexity index is 185. The Kier molecular flexibility index (Phi) is 9.15. The molecule has 6 heteroatoms. The fraction of sp³-hybridized carbons (Fsp3) is 0.800. The molecule has 0 bridgehead atoms. The van der Waals surface area contributed by atoms with Crippen molar-refractivity contribution in [2.75, 3.05) is 13.2 Å². The standard InChI is InChI=1S/C9H16O3.CH2O3/c10-9-11-7-5-3-1-2-4-6-8-12-9;2-1(3)4/h1-8H2;(H2,2,3,4). The summed E-state index contributed by atoms with van der Waals surface area (Å²) < 4.78 is 9.63. The van der Waals surface area contributed by atoms with Crippen LogP contribution in [-0.2, 0) is 9.47 Å². The summed E-state index contributed by atoms with van der Waals surface area (Å²) >= 11 is 0. The van der Waals surface area contributed by atoms with Gasteiger partial charge in [-0.15, -0.1) is 0 Å². The summed E-state index contributed by atoms with van der Waals surface area (Å²) in [4.78, 5) is 19.3. The molecule has 0 spiro atoms. The molecule has 0 aromatic heterocycles. The van der Waals surface area contributed by atoms with Gasteiger partial charge in [-0.2, -0.15) is 0 Å². The van der Waals surface area contributed by atoms with E-state index in [-0.39, 0.29) is 0 Å². The highest BCUT2D eigenvalue weighted by atomic mass is 16.7. The van der Waals surface area contributed by atoms with Crippen molar-refractivity contribution in [3.63, 3.8) is 0 Å². The predicted molar refractivity (Wildman–Crippen MR) is 55.7 cm³/mol. The van der Waals surface area contributed by atoms with Gasteiger partial charge < -0.3 is 19.7 Å². The van der Waals surface area contributed by atoms with Crippen molar-refractivity contribution in [2.45, 2.75) is 38.5 Å². The molecule has 0 unspecified atom stereocenters. The number of cyclic esters (lactones) is 2. The van der Waals surface area contributed by atoms with Crippen LogP contribution in [0, 0.1) is 0 Å². The molecule has 1 saturated heterocycles. The summed E-state index contributed by atoms with van der Waals surface area (Å²) in [5.41, 5.74) is 0. The minimum absolute atomic E-state index is 0.503. The zero-order valence-electron chi connectivity index (χ0n) is 9.18. The lowest BCUT2D eigenvalue weighted by Crippen LogP contribution is -2.08. The third-order valence-electron chi connectivity index (χ3n) is 1.98. The van der Waals surface area contributed by atoms with E-state index in [0.29, 0.717) is 13.2 Å². The Labute approximate surface area is 94.2 Å². The molecule has 0 aromatic carbocycles. The molecule has 0 radical (unpaired) electrons. The molecule has 1 fully saturated rings. The van der Waals surface area contributed by atoms with Gasteiger partial charge in [-0.05, 0) is 12.8 Å². The summed E-state index contributed by atoms with van der Waals surface area (Å²) in [6.45, 7) is 1.03. The highest BCUT2D eigenvalue weighted by molar-refractivity contribution is 5.59. The maximum Gasteiger partial charge on any atom is 0.508 e. The summed E-state index contributed by atoms with van der Waals surface area (Å²) in [5, 5.41) is 13.9. The second kappa shape index (κ2) is 10.1. The van der Waals surface area contributed by atoms with Crippen molar-refractivity contribution in [1.29, 1.82) is 0 Å². The number of rotatable bonds is 0. The van der Waals surface area contributed by atoms with Crippen molar-refractivity contribution in [3.8, 4) is 0 Å². The van der Waals surface area contributed by atoms with Gasteiger partial charge in [-0.25, -0.2) is 9.59 Å². The van der Waals surface area contributed by atoms with E-state index in [1.165, 1.54) is 12.8 Å². The van der Waals surface area contributed by atoms with Gasteiger partial charge in [-0.1, -0.05) is 25.7 Å². The first-order valence-electron chi connectivity index (χ1n) is 5.34. The Hall–Kier alpha value is -1.46. The van der Waals surface area contributed by atoms with Crippen LogP contribution in [0.4, 0.5) is 9.59 Å². The predicted octanol–water partition coefficient (Wildman–Crippen LogP) is 2.72. The van der Waals surface area contributed by atoms with Crippen LogP contribution in [0.2, 0.25) is 0 Å². The lowest BCUT2D eigenvalue weighted by Gasteiger charge is -2.03. The van der Waals surface area contributed by atoms with Crippen LogP contribution in [0.15, 0.2) is 0 Å². The van der Waals surface area contributed by atoms with Gasteiger partial charge in [-0.3, -0.25) is 0 Å². The Morgan fingerprint density at radius 3 is 1.56 bits per heavy atom. The molecule has 2 N–H and O–H groups in total. The van der Waals surface area contributed by atoms with E-state index in [0.717, 1.165) is 25.7 Å². The number of hydrogen-bond acceptors (Lipinski definition) is 4. The quantitative estimate of drug-likeness (QED) is 0.626. The van der Waals surface area contributed by atoms with Crippen LogP contribution in [0.5, 0.6) is 0 Å². The van der Waals surface area contributed by atoms with E-state index in [1.807, 2.05) is 0 Å². The van der Waals surface area contributed by atoms with Crippen molar-refractivity contribution in [1.82, 2.24) is 0 Å². The molecule has 0 aliphatic carbocycles. The fourth-order valence-electron chi connectivity index (χ4n) is 1.26. The molecule has 1 aliphatic heterocycles. The van der Waals surface area contributed by atoms with Gasteiger partial charge in [0.15, 0.2) is 0 Å². The number of carbonyl (C=O) groups is 2. The lowest BCUT2D eigenvalue weighted by molar-refractivity contribution is 0.0542. The van der Waals surface area contributed by atoms with Gasteiger partial charge >= 0.3 is 12.3 Å². The molecular weight excluding hydrogens is 216 g/mol. The van der Waals surface area contributed by atoms with Gasteiger partial charge in [0.25, 0.3) is 0 Å². The normalized spacial score (nSPS) is 17.9. The third-order valence-corrected chi connectivity index (χ3v) is 1.98. The van der Waals surface area contributed by atoms with E-state index in [9.17, 15) is 4.79 Å². The molecule has 1 aliphatic rings. The summed E-state index contributed by atoms with van der Waals surface area (Å²) in [6, 6.07) is 0. The SMILES string of the molecule is O=C(O)O.O=C1OCCCCCCCCO1. The maximum absolute atomic E-state index is 10.8. The minimum atomic E-state index is -1.83. The lowest BCUT2D eigenvalue weighted by atomic mass is 10.1. The van der Waals surface area contributed by atoms with E-state index < -0.39 is 12.3 Å². The summed E-state index contributed by atoms with van der Waals surface area (Å²) in [5.74, 6) is 0. The van der Waals surface area contributed by atoms with Gasteiger partial charge in [0.1, 0.15) is 0 Å². The first kappa shape index (κ1) is 14.5. The van der Waals surface area contributed by atoms with Crippen LogP contribution in [0.1, 0.15) is 38.5 Å². The number of ether oxygens (including phenoxy) is 2. The van der Waals surface area contributed by atoms with Crippen LogP contribution in [-0.4, -0.2) is 35.7 Å². The first-order valence-corrected chi connectivity index (χ1v) is 5.34. The molecular formula is C10H18O6. The zero-order valence-corrected chi connectivity index (χ0v) is 9.18. The van der Waals surface area contributed by atoms with E-state index >= 15 is 0 Å². The molecule has 1 rings (SSSR count). The molecule has 0 aromatic rings. The van der Waals surface area contributed by atoms with Crippen molar-refractivity contribution in [2.24, 2.45) is 0 Å². The topological polar surface area (TPSA) is 93.1 Å². The molecule has 1 heterocycles. The average Bonchev–Trinajstić information content (AvgIpc) is 2.23. The minimum Gasteiger partial charge on any atom is -0.450 e. The second-order valence-electron chi connectivity index (χ2n) is 3.35. The number of hydrogen-bond donors (Lipinski definition) is 2. The highest BCUT2D eigenvalue weighted by Gasteiger charge is 2.04. The largest absolute Gasteiger partial charge is 0.508 e. The van der Waals surface area contributed by atoms with Crippen LogP contribution < -0.4 is 0 Å². The molecule has 0 saturated carbocycles. The number of carbonyl (C=O) groups excluding carboxylic acids is 1. The fourth-order valence-corrected chi connectivity index (χ4v) is 1.26. The van der Waals surface area contributed by atoms with Gasteiger partial charge in [0, 0.05) is 0 Å². The van der Waals surface area contributed by atoms with Crippen LogP contribution >= 0.6 is 0 Å². The van der Waals surface area contributed by atoms with Crippen molar-refractivity contribution in [3.05, 3.63) is 0 Å². The van der Waals surface area contributed by atoms with Crippen LogP contribution in [0.3, 0.4) is 0 Å². The number of carboxylic acid groups (broad SMARTS) is 2. The van der Waals surface area contributed by atoms with Crippen molar-refractivity contribution < 1.29 is 29.3 Å². The zero-order chi connectivity index (χ0) is 12.2. The van der Waals surface area contributed by atoms with E-state index in [2.05, 4.69) is 0 Å².